The fourth-order valence-electron chi connectivity index (χ4n) is 5.49. The summed E-state index contributed by atoms with van der Waals surface area (Å²) in [6, 6.07) is 17.8. The van der Waals surface area contributed by atoms with Crippen LogP contribution in [0.25, 0.3) is 10.1 Å². The molecule has 156 valence electrons. The van der Waals surface area contributed by atoms with Crippen LogP contribution in [0, 0.1) is 0 Å². The first-order valence-corrected chi connectivity index (χ1v) is 12.1. The third kappa shape index (κ3) is 3.67. The lowest BCUT2D eigenvalue weighted by Gasteiger charge is -2.39. The van der Waals surface area contributed by atoms with Gasteiger partial charge in [0.15, 0.2) is 0 Å². The molecule has 2 unspecified atom stereocenters. The number of likely N-dealkylation sites (N-methyl/N-ethyl adjacent to an activating group) is 1. The van der Waals surface area contributed by atoms with Crippen LogP contribution in [-0.4, -0.2) is 41.9 Å². The van der Waals surface area contributed by atoms with Crippen LogP contribution in [-0.2, 0) is 17.6 Å². The number of aryl methyl sites for hydroxylation is 1. The van der Waals surface area contributed by atoms with Crippen molar-refractivity contribution in [3.63, 3.8) is 0 Å². The van der Waals surface area contributed by atoms with Gasteiger partial charge in [0.1, 0.15) is 0 Å². The van der Waals surface area contributed by atoms with E-state index in [-0.39, 0.29) is 11.9 Å². The standard InChI is InChI=1S/C26H30N2OS/c1-27(25(29)18-20-10-7-13-24-21(20)14-17-30-24)26-22-11-3-2-8-19(22)9-6-12-23(26)28-15-4-5-16-28/h2-3,7-8,10-11,13-14,17,23,26H,4-6,9,12,15-16,18H2,1H3. The molecule has 5 rings (SSSR count). The molecule has 0 N–H and O–H groups in total. The summed E-state index contributed by atoms with van der Waals surface area (Å²) in [6.07, 6.45) is 6.51. The van der Waals surface area contributed by atoms with Gasteiger partial charge in [-0.05, 0) is 84.8 Å². The van der Waals surface area contributed by atoms with Crippen LogP contribution in [0.1, 0.15) is 48.4 Å². The summed E-state index contributed by atoms with van der Waals surface area (Å²) < 4.78 is 1.26. The molecular formula is C26H30N2OS. The summed E-state index contributed by atoms with van der Waals surface area (Å²) in [5.74, 6) is 0.222. The van der Waals surface area contributed by atoms with Crippen molar-refractivity contribution in [1.82, 2.24) is 9.80 Å². The number of likely N-dealkylation sites (tertiary alicyclic amines) is 1. The lowest BCUT2D eigenvalue weighted by atomic mass is 9.93. The van der Waals surface area contributed by atoms with E-state index in [0.29, 0.717) is 12.5 Å². The highest BCUT2D eigenvalue weighted by Crippen LogP contribution is 2.37. The van der Waals surface area contributed by atoms with Crippen LogP contribution in [0.2, 0.25) is 0 Å². The number of rotatable bonds is 4. The van der Waals surface area contributed by atoms with Gasteiger partial charge in [0.25, 0.3) is 0 Å². The second-order valence-corrected chi connectivity index (χ2v) is 9.72. The highest BCUT2D eigenvalue weighted by Gasteiger charge is 2.37. The quantitative estimate of drug-likeness (QED) is 0.527. The third-order valence-electron chi connectivity index (χ3n) is 7.03. The van der Waals surface area contributed by atoms with Crippen molar-refractivity contribution in [2.45, 2.75) is 50.6 Å². The summed E-state index contributed by atoms with van der Waals surface area (Å²) in [4.78, 5) is 18.3. The van der Waals surface area contributed by atoms with Crippen molar-refractivity contribution in [1.29, 1.82) is 0 Å². The monoisotopic (exact) mass is 418 g/mol. The molecule has 1 aliphatic carbocycles. The average molecular weight is 419 g/mol. The number of hydrogen-bond donors (Lipinski definition) is 0. The summed E-state index contributed by atoms with van der Waals surface area (Å²) in [5, 5.41) is 3.34. The molecule has 2 heterocycles. The van der Waals surface area contributed by atoms with Crippen LogP contribution < -0.4 is 0 Å². The van der Waals surface area contributed by atoms with E-state index in [1.807, 2.05) is 7.05 Å². The number of amides is 1. The zero-order valence-electron chi connectivity index (χ0n) is 17.7. The van der Waals surface area contributed by atoms with Gasteiger partial charge in [-0.2, -0.15) is 0 Å². The van der Waals surface area contributed by atoms with Gasteiger partial charge >= 0.3 is 0 Å². The molecule has 1 saturated heterocycles. The Balaban J connectivity index is 1.47. The molecule has 0 radical (unpaired) electrons. The molecular weight excluding hydrogens is 388 g/mol. The van der Waals surface area contributed by atoms with Gasteiger partial charge in [0.2, 0.25) is 5.91 Å². The maximum Gasteiger partial charge on any atom is 0.227 e. The van der Waals surface area contributed by atoms with E-state index in [0.717, 1.165) is 18.4 Å². The van der Waals surface area contributed by atoms with Crippen molar-refractivity contribution in [2.24, 2.45) is 0 Å². The van der Waals surface area contributed by atoms with E-state index in [4.69, 9.17) is 0 Å². The van der Waals surface area contributed by atoms with Gasteiger partial charge in [-0.3, -0.25) is 9.69 Å². The van der Waals surface area contributed by atoms with Crippen LogP contribution in [0.15, 0.2) is 53.9 Å². The number of hydrogen-bond acceptors (Lipinski definition) is 3. The smallest absolute Gasteiger partial charge is 0.227 e. The Hall–Kier alpha value is -2.17. The zero-order chi connectivity index (χ0) is 20.5. The predicted molar refractivity (Wildman–Crippen MR) is 125 cm³/mol. The Morgan fingerprint density at radius 3 is 2.77 bits per heavy atom. The minimum Gasteiger partial charge on any atom is -0.337 e. The number of carbonyl (C=O) groups is 1. The average Bonchev–Trinajstić information content (AvgIpc) is 3.43. The van der Waals surface area contributed by atoms with Gasteiger partial charge in [0, 0.05) is 17.8 Å². The predicted octanol–water partition coefficient (Wildman–Crippen LogP) is 5.44. The third-order valence-corrected chi connectivity index (χ3v) is 7.91. The molecule has 4 heteroatoms. The summed E-state index contributed by atoms with van der Waals surface area (Å²) in [7, 11) is 2.03. The van der Waals surface area contributed by atoms with E-state index in [9.17, 15) is 4.79 Å². The van der Waals surface area contributed by atoms with Crippen LogP contribution in [0.5, 0.6) is 0 Å². The number of carbonyl (C=O) groups excluding carboxylic acids is 1. The molecule has 30 heavy (non-hydrogen) atoms. The Morgan fingerprint density at radius 2 is 1.90 bits per heavy atom. The fraction of sp³-hybridized carbons (Fsp3) is 0.423. The van der Waals surface area contributed by atoms with E-state index >= 15 is 0 Å². The summed E-state index contributed by atoms with van der Waals surface area (Å²) in [5.41, 5.74) is 3.92. The first-order valence-electron chi connectivity index (χ1n) is 11.2. The number of fused-ring (bicyclic) bond motifs is 2. The molecule has 2 aliphatic rings. The van der Waals surface area contributed by atoms with Gasteiger partial charge in [-0.25, -0.2) is 0 Å². The molecule has 0 saturated carbocycles. The molecule has 2 aromatic carbocycles. The van der Waals surface area contributed by atoms with Crippen LogP contribution in [0.4, 0.5) is 0 Å². The molecule has 3 nitrogen and oxygen atoms in total. The minimum absolute atomic E-state index is 0.135. The first-order chi connectivity index (χ1) is 14.7. The van der Waals surface area contributed by atoms with Crippen molar-refractivity contribution in [3.8, 4) is 0 Å². The van der Waals surface area contributed by atoms with Gasteiger partial charge in [-0.1, -0.05) is 36.4 Å². The molecule has 3 aromatic rings. The van der Waals surface area contributed by atoms with Gasteiger partial charge < -0.3 is 4.90 Å². The highest BCUT2D eigenvalue weighted by molar-refractivity contribution is 7.17. The molecule has 1 fully saturated rings. The Morgan fingerprint density at radius 1 is 1.07 bits per heavy atom. The van der Waals surface area contributed by atoms with Crippen molar-refractivity contribution in [2.75, 3.05) is 20.1 Å². The number of benzene rings is 2. The topological polar surface area (TPSA) is 23.6 Å². The van der Waals surface area contributed by atoms with E-state index in [1.165, 1.54) is 53.6 Å². The lowest BCUT2D eigenvalue weighted by molar-refractivity contribution is -0.132. The van der Waals surface area contributed by atoms with Crippen LogP contribution >= 0.6 is 11.3 Å². The van der Waals surface area contributed by atoms with Gasteiger partial charge in [0.05, 0.1) is 12.5 Å². The maximum absolute atomic E-state index is 13.6. The van der Waals surface area contributed by atoms with Gasteiger partial charge in [-0.15, -0.1) is 11.3 Å². The molecule has 2 atom stereocenters. The molecule has 0 bridgehead atoms. The minimum atomic E-state index is 0.135. The molecule has 1 amide bonds. The maximum atomic E-state index is 13.6. The first kappa shape index (κ1) is 19.8. The summed E-state index contributed by atoms with van der Waals surface area (Å²) in [6.45, 7) is 2.33. The van der Waals surface area contributed by atoms with E-state index in [2.05, 4.69) is 63.7 Å². The van der Waals surface area contributed by atoms with E-state index in [1.54, 1.807) is 11.3 Å². The van der Waals surface area contributed by atoms with Crippen molar-refractivity contribution < 1.29 is 4.79 Å². The fourth-order valence-corrected chi connectivity index (χ4v) is 6.33. The molecule has 1 aromatic heterocycles. The largest absolute Gasteiger partial charge is 0.337 e. The normalized spacial score (nSPS) is 22.0. The second kappa shape index (κ2) is 8.52. The molecule has 0 spiro atoms. The van der Waals surface area contributed by atoms with Crippen LogP contribution in [0.3, 0.4) is 0 Å². The zero-order valence-corrected chi connectivity index (χ0v) is 18.5. The SMILES string of the molecule is CN(C(=O)Cc1cccc2sccc12)C1c2ccccc2CCCC1N1CCCC1. The Bertz CT molecular complexity index is 1040. The highest BCUT2D eigenvalue weighted by atomic mass is 32.1. The summed E-state index contributed by atoms with van der Waals surface area (Å²) >= 11 is 1.74. The molecule has 1 aliphatic heterocycles. The second-order valence-electron chi connectivity index (χ2n) is 8.78. The van der Waals surface area contributed by atoms with Crippen molar-refractivity contribution in [3.05, 3.63) is 70.6 Å². The van der Waals surface area contributed by atoms with Crippen molar-refractivity contribution >= 4 is 27.3 Å². The number of thiophene rings is 1. The Kier molecular flexibility index (Phi) is 5.62. The number of nitrogens with zero attached hydrogens (tertiary/aromatic N) is 2. The lowest BCUT2D eigenvalue weighted by Crippen LogP contribution is -2.46. The Labute approximate surface area is 183 Å². The van der Waals surface area contributed by atoms with E-state index < -0.39 is 0 Å².